The van der Waals surface area contributed by atoms with Crippen LogP contribution in [0.2, 0.25) is 0 Å². The van der Waals surface area contributed by atoms with Crippen LogP contribution in [0.3, 0.4) is 0 Å². The van der Waals surface area contributed by atoms with E-state index >= 15 is 0 Å². The average Bonchev–Trinajstić information content (AvgIpc) is 3.86. The van der Waals surface area contributed by atoms with E-state index in [1.54, 1.807) is 0 Å². The Hall–Kier alpha value is -9.35. The van der Waals surface area contributed by atoms with Crippen molar-refractivity contribution in [2.75, 3.05) is 4.90 Å². The summed E-state index contributed by atoms with van der Waals surface area (Å²) < 4.78 is 2.51. The molecule has 0 saturated carbocycles. The highest BCUT2D eigenvalue weighted by Crippen LogP contribution is 2.67. The fourth-order valence-electron chi connectivity index (χ4n) is 16.7. The second kappa shape index (κ2) is 15.8. The molecule has 3 heterocycles. The van der Waals surface area contributed by atoms with Crippen LogP contribution in [-0.2, 0) is 16.2 Å². The number of rotatable bonds is 2. The average molecular weight is 1060 g/mol. The van der Waals surface area contributed by atoms with Gasteiger partial charge in [0.1, 0.15) is 0 Å². The lowest BCUT2D eigenvalue weighted by atomic mass is 9.34. The third-order valence-electron chi connectivity index (χ3n) is 19.8. The summed E-state index contributed by atoms with van der Waals surface area (Å²) in [6.45, 7) is 7.12. The van der Waals surface area contributed by atoms with E-state index in [1.807, 2.05) is 11.8 Å². The molecule has 2 spiro atoms. The number of para-hydroxylation sites is 2. The number of hydrogen-bond acceptors (Lipinski definition) is 2. The Kier molecular flexibility index (Phi) is 8.72. The minimum atomic E-state index is -0.568. The third kappa shape index (κ3) is 5.41. The number of anilines is 3. The van der Waals surface area contributed by atoms with Gasteiger partial charge in [-0.3, -0.25) is 0 Å². The van der Waals surface area contributed by atoms with Crippen LogP contribution < -0.4 is 21.3 Å². The molecular formula is C78H51BN2S. The standard InChI is InChI=1S/C78H51BN2S/c1-76(2,3)46-41-71-75-73(42-46)82-72-45-64-57(53-26-9-14-32-60(53)77(64)58-30-12-4-21-48(58)49-22-5-13-31-59(49)77)44-66(72)79(75)65-40-39-47(80-67-36-18-10-27-54(67)55-28-11-19-37-68(55)80)43-70(65)81(71)69-38-20-29-56-52-25-8-17-35-63(52)78(74(56)69)61-33-15-6-23-50(61)51-24-7-16-34-62(51)78/h4-45H,1-3H3. The summed E-state index contributed by atoms with van der Waals surface area (Å²) >= 11 is 1.99. The quantitative estimate of drug-likeness (QED) is 0.159. The molecule has 382 valence electrons. The summed E-state index contributed by atoms with van der Waals surface area (Å²) in [6, 6.07) is 98.5. The van der Waals surface area contributed by atoms with Gasteiger partial charge in [0, 0.05) is 43.2 Å². The molecule has 12 aromatic carbocycles. The van der Waals surface area contributed by atoms with E-state index in [0.29, 0.717) is 0 Å². The summed E-state index contributed by atoms with van der Waals surface area (Å²) in [4.78, 5) is 5.41. The molecule has 6 aliphatic rings. The van der Waals surface area contributed by atoms with Crippen LogP contribution in [0.15, 0.2) is 265 Å². The molecule has 0 fully saturated rings. The van der Waals surface area contributed by atoms with Crippen molar-refractivity contribution in [3.05, 3.63) is 305 Å². The number of nitrogens with zero attached hydrogens (tertiary/aromatic N) is 2. The van der Waals surface area contributed by atoms with Gasteiger partial charge < -0.3 is 9.47 Å². The smallest absolute Gasteiger partial charge is 0.249 e. The molecule has 0 atom stereocenters. The van der Waals surface area contributed by atoms with E-state index in [-0.39, 0.29) is 12.1 Å². The largest absolute Gasteiger partial charge is 0.311 e. The minimum absolute atomic E-state index is 0.0540. The summed E-state index contributed by atoms with van der Waals surface area (Å²) in [5.41, 5.74) is 32.9. The Bertz CT molecular complexity index is 4890. The molecule has 0 bridgehead atoms. The predicted molar refractivity (Wildman–Crippen MR) is 342 cm³/mol. The van der Waals surface area contributed by atoms with Crippen LogP contribution in [0.4, 0.5) is 17.1 Å². The van der Waals surface area contributed by atoms with Crippen LogP contribution in [-0.4, -0.2) is 11.3 Å². The summed E-state index contributed by atoms with van der Waals surface area (Å²) in [7, 11) is 0. The zero-order valence-corrected chi connectivity index (χ0v) is 46.4. The molecule has 0 unspecified atom stereocenters. The SMILES string of the molecule is CC(C)(C)c1cc2c3c(c1)N(c1cccc4c1C1(c5ccccc5-c5ccccc51)c1ccccc1-4)c1cc(-n4c5ccccc5c5ccccc54)ccc1B3c1cc3c(cc1S2)C1(c2ccccc2-c2ccccc21)c1ccccc1-3. The topological polar surface area (TPSA) is 8.17 Å². The molecule has 2 aliphatic heterocycles. The molecular weight excluding hydrogens is 1010 g/mol. The van der Waals surface area contributed by atoms with Crippen molar-refractivity contribution < 1.29 is 0 Å². The van der Waals surface area contributed by atoms with Crippen molar-refractivity contribution >= 4 is 73.7 Å². The molecule has 0 saturated heterocycles. The molecule has 4 aliphatic carbocycles. The molecule has 13 aromatic rings. The lowest BCUT2D eigenvalue weighted by molar-refractivity contribution is 0.589. The molecule has 0 radical (unpaired) electrons. The van der Waals surface area contributed by atoms with E-state index in [0.717, 1.165) is 5.69 Å². The molecule has 82 heavy (non-hydrogen) atoms. The van der Waals surface area contributed by atoms with Gasteiger partial charge in [0.15, 0.2) is 0 Å². The Balaban J connectivity index is 0.935. The van der Waals surface area contributed by atoms with E-state index in [2.05, 4.69) is 285 Å². The van der Waals surface area contributed by atoms with E-state index in [9.17, 15) is 0 Å². The lowest BCUT2D eigenvalue weighted by Crippen LogP contribution is -2.60. The highest BCUT2D eigenvalue weighted by Gasteiger charge is 2.56. The zero-order chi connectivity index (χ0) is 54.0. The molecule has 19 rings (SSSR count). The van der Waals surface area contributed by atoms with Gasteiger partial charge in [0.05, 0.1) is 27.6 Å². The first-order valence-corrected chi connectivity index (χ1v) is 29.8. The fourth-order valence-corrected chi connectivity index (χ4v) is 17.9. The Morgan fingerprint density at radius 1 is 0.354 bits per heavy atom. The second-order valence-corrected chi connectivity index (χ2v) is 25.6. The molecule has 1 aromatic heterocycles. The van der Waals surface area contributed by atoms with E-state index in [1.165, 1.54) is 160 Å². The Labute approximate surface area is 482 Å². The van der Waals surface area contributed by atoms with Crippen molar-refractivity contribution in [1.29, 1.82) is 0 Å². The van der Waals surface area contributed by atoms with Gasteiger partial charge in [-0.25, -0.2) is 0 Å². The van der Waals surface area contributed by atoms with Gasteiger partial charge in [-0.05, 0) is 154 Å². The summed E-state index contributed by atoms with van der Waals surface area (Å²) in [5, 5.41) is 2.52. The van der Waals surface area contributed by atoms with Crippen molar-refractivity contribution in [1.82, 2.24) is 4.57 Å². The van der Waals surface area contributed by atoms with Gasteiger partial charge in [-0.2, -0.15) is 0 Å². The van der Waals surface area contributed by atoms with Crippen LogP contribution in [0.1, 0.15) is 70.8 Å². The molecule has 0 N–H and O–H groups in total. The first kappa shape index (κ1) is 45.4. The summed E-state index contributed by atoms with van der Waals surface area (Å²) in [5.74, 6) is 0. The van der Waals surface area contributed by atoms with Crippen molar-refractivity contribution in [2.24, 2.45) is 0 Å². The molecule has 2 nitrogen and oxygen atoms in total. The predicted octanol–water partition coefficient (Wildman–Crippen LogP) is 17.5. The summed E-state index contributed by atoms with van der Waals surface area (Å²) in [6.07, 6.45) is 0. The van der Waals surface area contributed by atoms with Crippen LogP contribution in [0, 0.1) is 0 Å². The van der Waals surface area contributed by atoms with E-state index in [4.69, 9.17) is 0 Å². The van der Waals surface area contributed by atoms with Crippen LogP contribution in [0.5, 0.6) is 0 Å². The first-order valence-electron chi connectivity index (χ1n) is 29.0. The number of benzene rings is 12. The van der Waals surface area contributed by atoms with Crippen molar-refractivity contribution in [3.63, 3.8) is 0 Å². The van der Waals surface area contributed by atoms with Gasteiger partial charge in [0.25, 0.3) is 0 Å². The normalized spacial score (nSPS) is 15.1. The fraction of sp³-hybridized carbons (Fsp3) is 0.0769. The number of fused-ring (bicyclic) bond motifs is 27. The maximum atomic E-state index is 2.74. The van der Waals surface area contributed by atoms with Crippen LogP contribution >= 0.6 is 11.8 Å². The first-order chi connectivity index (χ1) is 40.3. The van der Waals surface area contributed by atoms with Gasteiger partial charge in [-0.15, -0.1) is 0 Å². The number of aromatic nitrogens is 1. The van der Waals surface area contributed by atoms with E-state index < -0.39 is 10.8 Å². The maximum absolute atomic E-state index is 2.74. The monoisotopic (exact) mass is 1060 g/mol. The maximum Gasteiger partial charge on any atom is 0.249 e. The van der Waals surface area contributed by atoms with Crippen LogP contribution in [0.25, 0.3) is 72.0 Å². The van der Waals surface area contributed by atoms with Crippen molar-refractivity contribution in [2.45, 2.75) is 46.8 Å². The van der Waals surface area contributed by atoms with Gasteiger partial charge >= 0.3 is 0 Å². The van der Waals surface area contributed by atoms with Gasteiger partial charge in [0.2, 0.25) is 6.71 Å². The highest BCUT2D eigenvalue weighted by molar-refractivity contribution is 8.00. The lowest BCUT2D eigenvalue weighted by Gasteiger charge is -2.43. The van der Waals surface area contributed by atoms with Gasteiger partial charge in [-0.1, -0.05) is 244 Å². The number of hydrogen-bond donors (Lipinski definition) is 0. The Morgan fingerprint density at radius 3 is 1.38 bits per heavy atom. The highest BCUT2D eigenvalue weighted by atomic mass is 32.2. The van der Waals surface area contributed by atoms with Crippen molar-refractivity contribution in [3.8, 4) is 50.2 Å². The Morgan fingerprint density at radius 2 is 0.829 bits per heavy atom. The zero-order valence-electron chi connectivity index (χ0n) is 45.6. The third-order valence-corrected chi connectivity index (χ3v) is 20.9. The minimum Gasteiger partial charge on any atom is -0.311 e. The second-order valence-electron chi connectivity index (χ2n) is 24.5. The molecule has 4 heteroatoms. The molecule has 0 amide bonds.